The lowest BCUT2D eigenvalue weighted by Gasteiger charge is -2.26. The molecular formula is C33H32Br2O5. The summed E-state index contributed by atoms with van der Waals surface area (Å²) in [6.07, 6.45) is -0.0988. The summed E-state index contributed by atoms with van der Waals surface area (Å²) in [4.78, 5) is 11.3. The van der Waals surface area contributed by atoms with E-state index in [9.17, 15) is 15.0 Å². The van der Waals surface area contributed by atoms with Crippen LogP contribution in [0.3, 0.4) is 0 Å². The number of halogens is 2. The zero-order valence-corrected chi connectivity index (χ0v) is 26.3. The van der Waals surface area contributed by atoms with E-state index in [0.29, 0.717) is 26.0 Å². The lowest BCUT2D eigenvalue weighted by molar-refractivity contribution is -0.136. The van der Waals surface area contributed by atoms with E-state index in [1.54, 1.807) is 31.4 Å². The number of carboxylic acid groups (broad SMARTS) is 1. The van der Waals surface area contributed by atoms with Gasteiger partial charge in [0.1, 0.15) is 17.2 Å². The van der Waals surface area contributed by atoms with Crippen LogP contribution >= 0.6 is 31.9 Å². The first-order valence-corrected chi connectivity index (χ1v) is 14.5. The van der Waals surface area contributed by atoms with Gasteiger partial charge < -0.3 is 19.7 Å². The fraction of sp³-hybridized carbons (Fsp3) is 0.242. The monoisotopic (exact) mass is 666 g/mol. The van der Waals surface area contributed by atoms with Gasteiger partial charge in [-0.15, -0.1) is 0 Å². The fourth-order valence-corrected chi connectivity index (χ4v) is 6.47. The Morgan fingerprint density at radius 3 is 1.93 bits per heavy atom. The Kier molecular flexibility index (Phi) is 9.26. The van der Waals surface area contributed by atoms with Crippen LogP contribution in [0.2, 0.25) is 0 Å². The van der Waals surface area contributed by atoms with E-state index in [0.717, 1.165) is 39.1 Å². The van der Waals surface area contributed by atoms with Gasteiger partial charge in [-0.05, 0) is 105 Å². The molecule has 5 nitrogen and oxygen atoms in total. The third kappa shape index (κ3) is 6.70. The Hall–Kier alpha value is -3.29. The number of carbonyl (C=O) groups is 1. The second kappa shape index (κ2) is 12.5. The lowest BCUT2D eigenvalue weighted by Crippen LogP contribution is -2.08. The average Bonchev–Trinajstić information content (AvgIpc) is 2.86. The number of phenolic OH excluding ortho intramolecular Hbond substituents is 1. The van der Waals surface area contributed by atoms with Gasteiger partial charge in [0.15, 0.2) is 5.75 Å². The number of hydrogen-bond acceptors (Lipinski definition) is 4. The molecule has 0 spiro atoms. The Balaban J connectivity index is 1.98. The number of aromatic hydroxyl groups is 1. The molecule has 0 amide bonds. The van der Waals surface area contributed by atoms with Gasteiger partial charge >= 0.3 is 5.97 Å². The number of methoxy groups -OCH3 is 1. The zero-order chi connectivity index (χ0) is 29.1. The summed E-state index contributed by atoms with van der Waals surface area (Å²) in [6, 6.07) is 21.3. The molecule has 0 saturated carbocycles. The molecule has 7 heteroatoms. The third-order valence-corrected chi connectivity index (χ3v) is 7.90. The van der Waals surface area contributed by atoms with Crippen LogP contribution in [0.4, 0.5) is 0 Å². The van der Waals surface area contributed by atoms with E-state index >= 15 is 0 Å². The molecule has 0 bridgehead atoms. The zero-order valence-electron chi connectivity index (χ0n) is 23.1. The van der Waals surface area contributed by atoms with E-state index < -0.39 is 5.97 Å². The highest BCUT2D eigenvalue weighted by Gasteiger charge is 2.26. The molecule has 0 aliphatic carbocycles. The highest BCUT2D eigenvalue weighted by atomic mass is 79.9. The van der Waals surface area contributed by atoms with Crippen molar-refractivity contribution in [3.63, 3.8) is 0 Å². The van der Waals surface area contributed by atoms with Crippen LogP contribution in [0.5, 0.6) is 23.0 Å². The Labute approximate surface area is 252 Å². The number of carboxylic acids is 1. The van der Waals surface area contributed by atoms with Crippen molar-refractivity contribution in [2.24, 2.45) is 0 Å². The van der Waals surface area contributed by atoms with Crippen LogP contribution in [0.25, 0.3) is 0 Å². The Bertz CT molecular complexity index is 1500. The van der Waals surface area contributed by atoms with Crippen molar-refractivity contribution in [3.8, 4) is 23.0 Å². The molecule has 0 radical (unpaired) electrons. The topological polar surface area (TPSA) is 76.0 Å². The molecule has 4 aromatic carbocycles. The highest BCUT2D eigenvalue weighted by Crippen LogP contribution is 2.46. The van der Waals surface area contributed by atoms with Crippen LogP contribution < -0.4 is 9.47 Å². The largest absolute Gasteiger partial charge is 0.508 e. The molecule has 2 N–H and O–H groups in total. The maximum atomic E-state index is 11.3. The number of phenols is 1. The molecule has 0 aromatic heterocycles. The summed E-state index contributed by atoms with van der Waals surface area (Å²) in [5, 5.41) is 19.3. The minimum Gasteiger partial charge on any atom is -0.508 e. The van der Waals surface area contributed by atoms with E-state index in [-0.39, 0.29) is 24.0 Å². The molecule has 40 heavy (non-hydrogen) atoms. The first-order chi connectivity index (χ1) is 19.0. The molecule has 1 atom stereocenters. The van der Waals surface area contributed by atoms with E-state index in [1.165, 1.54) is 0 Å². The summed E-state index contributed by atoms with van der Waals surface area (Å²) in [7, 11) is 1.67. The maximum absolute atomic E-state index is 11.3. The first-order valence-electron chi connectivity index (χ1n) is 12.9. The first kappa shape index (κ1) is 29.7. The second-order valence-electron chi connectivity index (χ2n) is 10.3. The van der Waals surface area contributed by atoms with Crippen LogP contribution in [0.15, 0.2) is 75.7 Å². The van der Waals surface area contributed by atoms with Crippen molar-refractivity contribution >= 4 is 37.8 Å². The summed E-state index contributed by atoms with van der Waals surface area (Å²) in [6.45, 7) is 8.37. The van der Waals surface area contributed by atoms with Crippen molar-refractivity contribution in [3.05, 3.63) is 115 Å². The van der Waals surface area contributed by atoms with E-state index in [4.69, 9.17) is 9.47 Å². The lowest BCUT2D eigenvalue weighted by atomic mass is 9.82. The molecular weight excluding hydrogens is 636 g/mol. The number of rotatable bonds is 9. The number of aryl methyl sites for hydroxylation is 2. The highest BCUT2D eigenvalue weighted by molar-refractivity contribution is 9.11. The average molecular weight is 668 g/mol. The van der Waals surface area contributed by atoms with Gasteiger partial charge in [0, 0.05) is 17.0 Å². The van der Waals surface area contributed by atoms with Gasteiger partial charge in [-0.25, -0.2) is 0 Å². The van der Waals surface area contributed by atoms with Crippen LogP contribution in [-0.2, 0) is 11.2 Å². The van der Waals surface area contributed by atoms with Crippen LogP contribution in [-0.4, -0.2) is 23.3 Å². The Morgan fingerprint density at radius 1 is 0.825 bits per heavy atom. The molecule has 0 aliphatic heterocycles. The van der Waals surface area contributed by atoms with Gasteiger partial charge in [0.25, 0.3) is 0 Å². The van der Waals surface area contributed by atoms with Crippen molar-refractivity contribution < 1.29 is 24.5 Å². The molecule has 0 aliphatic rings. The number of benzene rings is 4. The summed E-state index contributed by atoms with van der Waals surface area (Å²) < 4.78 is 13.8. The van der Waals surface area contributed by atoms with Crippen LogP contribution in [0, 0.1) is 13.8 Å². The Morgan fingerprint density at radius 2 is 1.40 bits per heavy atom. The number of aliphatic carboxylic acids is 1. The smallest absolute Gasteiger partial charge is 0.307 e. The standard InChI is InChI=1S/C33H32Br2O5/c1-18(2)25-16-30(40-33-27(34)13-21(14-28(33)35)15-31(37)38)26(17-29(25)39-5)32(22-6-8-24(36)9-7-22)23-11-19(3)10-20(4)12-23/h6-14,16-18,32,36H,15H2,1-5H3,(H,37,38). The molecule has 0 heterocycles. The van der Waals surface area contributed by atoms with E-state index in [1.807, 2.05) is 24.3 Å². The predicted octanol–water partition coefficient (Wildman–Crippen LogP) is 9.27. The van der Waals surface area contributed by atoms with Crippen molar-refractivity contribution in [2.75, 3.05) is 7.11 Å². The van der Waals surface area contributed by atoms with Gasteiger partial charge in [0.2, 0.25) is 0 Å². The number of hydrogen-bond donors (Lipinski definition) is 2. The summed E-state index contributed by atoms with van der Waals surface area (Å²) >= 11 is 7.20. The minimum atomic E-state index is -0.906. The SMILES string of the molecule is COc1cc(C(c2ccc(O)cc2)c2cc(C)cc(C)c2)c(Oc2c(Br)cc(CC(=O)O)cc2Br)cc1C(C)C. The summed E-state index contributed by atoms with van der Waals surface area (Å²) in [5.74, 6) is 1.19. The van der Waals surface area contributed by atoms with Crippen LogP contribution in [0.1, 0.15) is 64.6 Å². The minimum absolute atomic E-state index is 0.0988. The quantitative estimate of drug-likeness (QED) is 0.174. The van der Waals surface area contributed by atoms with Crippen molar-refractivity contribution in [1.29, 1.82) is 0 Å². The number of ether oxygens (including phenoxy) is 2. The maximum Gasteiger partial charge on any atom is 0.307 e. The van der Waals surface area contributed by atoms with Gasteiger partial charge in [0.05, 0.1) is 22.5 Å². The normalized spacial score (nSPS) is 11.9. The van der Waals surface area contributed by atoms with Gasteiger partial charge in [-0.2, -0.15) is 0 Å². The molecule has 0 fully saturated rings. The van der Waals surface area contributed by atoms with Gasteiger partial charge in [-0.1, -0.05) is 55.3 Å². The van der Waals surface area contributed by atoms with Crippen molar-refractivity contribution in [1.82, 2.24) is 0 Å². The van der Waals surface area contributed by atoms with E-state index in [2.05, 4.69) is 77.8 Å². The summed E-state index contributed by atoms with van der Waals surface area (Å²) in [5.41, 5.74) is 6.90. The molecule has 208 valence electrons. The fourth-order valence-electron chi connectivity index (χ4n) is 5.02. The molecule has 4 aromatic rings. The van der Waals surface area contributed by atoms with Crippen molar-refractivity contribution in [2.45, 2.75) is 46.0 Å². The molecule has 1 unspecified atom stereocenters. The third-order valence-electron chi connectivity index (χ3n) is 6.72. The molecule has 0 saturated heterocycles. The second-order valence-corrected chi connectivity index (χ2v) is 12.0. The predicted molar refractivity (Wildman–Crippen MR) is 165 cm³/mol. The van der Waals surface area contributed by atoms with Gasteiger partial charge in [-0.3, -0.25) is 4.79 Å². The molecule has 4 rings (SSSR count).